The summed E-state index contributed by atoms with van der Waals surface area (Å²) in [5.41, 5.74) is 1.51. The molecule has 5 nitrogen and oxygen atoms in total. The number of rotatable bonds is 5. The molecular weight excluding hydrogens is 316 g/mol. The summed E-state index contributed by atoms with van der Waals surface area (Å²) in [7, 11) is 0. The zero-order valence-corrected chi connectivity index (χ0v) is 12.7. The monoisotopic (exact) mass is 329 g/mol. The number of benzene rings is 1. The third kappa shape index (κ3) is 4.17. The van der Waals surface area contributed by atoms with Crippen molar-refractivity contribution in [2.24, 2.45) is 0 Å². The number of nitrogens with one attached hydrogen (secondary N) is 1. The fourth-order valence-electron chi connectivity index (χ4n) is 1.84. The molecule has 1 heterocycles. The average molecular weight is 330 g/mol. The topological polar surface area (TPSA) is 56.2 Å². The van der Waals surface area contributed by atoms with E-state index in [0.717, 1.165) is 5.56 Å². The molecule has 8 heteroatoms. The minimum absolute atomic E-state index is 0.0852. The van der Waals surface area contributed by atoms with Crippen LogP contribution in [0.3, 0.4) is 0 Å². The molecule has 1 aromatic carbocycles. The maximum Gasteiger partial charge on any atom is 0.387 e. The van der Waals surface area contributed by atoms with E-state index in [0.29, 0.717) is 10.7 Å². The number of carbonyl (C=O) groups is 1. The smallest absolute Gasteiger partial charge is 0.387 e. The number of aromatic nitrogens is 2. The van der Waals surface area contributed by atoms with Crippen molar-refractivity contribution in [2.75, 3.05) is 5.32 Å². The fourth-order valence-corrected chi connectivity index (χ4v) is 1.99. The van der Waals surface area contributed by atoms with Crippen LogP contribution in [0.1, 0.15) is 11.3 Å². The quantitative estimate of drug-likeness (QED) is 0.914. The standard InChI is InChI=1S/C14H14ClF2N3O2/c1-8-3-4-11(12(5-8)22-14(16)17)18-13(21)7-20-6-10(15)9(2)19-20/h3-6,14H,7H2,1-2H3,(H,18,21). The van der Waals surface area contributed by atoms with Crippen molar-refractivity contribution in [1.29, 1.82) is 0 Å². The van der Waals surface area contributed by atoms with E-state index in [-0.39, 0.29) is 18.0 Å². The molecule has 0 aliphatic rings. The second kappa shape index (κ2) is 6.74. The molecule has 0 atom stereocenters. The van der Waals surface area contributed by atoms with Crippen LogP contribution in [0.2, 0.25) is 5.02 Å². The number of aryl methyl sites for hydroxylation is 2. The second-order valence-corrected chi connectivity index (χ2v) is 5.09. The summed E-state index contributed by atoms with van der Waals surface area (Å²) < 4.78 is 30.6. The highest BCUT2D eigenvalue weighted by molar-refractivity contribution is 6.31. The molecule has 0 unspecified atom stereocenters. The first kappa shape index (κ1) is 16.2. The maximum atomic E-state index is 12.4. The lowest BCUT2D eigenvalue weighted by Gasteiger charge is -2.12. The van der Waals surface area contributed by atoms with Crippen molar-refractivity contribution in [2.45, 2.75) is 27.0 Å². The van der Waals surface area contributed by atoms with Crippen molar-refractivity contribution < 1.29 is 18.3 Å². The normalized spacial score (nSPS) is 10.8. The van der Waals surface area contributed by atoms with Crippen LogP contribution < -0.4 is 10.1 Å². The van der Waals surface area contributed by atoms with Gasteiger partial charge in [-0.05, 0) is 31.5 Å². The number of nitrogens with zero attached hydrogens (tertiary/aromatic N) is 2. The van der Waals surface area contributed by atoms with Gasteiger partial charge in [0.25, 0.3) is 0 Å². The van der Waals surface area contributed by atoms with Crippen molar-refractivity contribution in [3.05, 3.63) is 40.7 Å². The number of anilines is 1. The molecule has 0 saturated carbocycles. The zero-order chi connectivity index (χ0) is 16.3. The Morgan fingerprint density at radius 1 is 1.45 bits per heavy atom. The molecule has 0 aliphatic carbocycles. The summed E-state index contributed by atoms with van der Waals surface area (Å²) in [5, 5.41) is 7.02. The van der Waals surface area contributed by atoms with Gasteiger partial charge in [-0.1, -0.05) is 17.7 Å². The van der Waals surface area contributed by atoms with Gasteiger partial charge in [0.2, 0.25) is 5.91 Å². The largest absolute Gasteiger partial charge is 0.433 e. The number of hydrogen-bond acceptors (Lipinski definition) is 3. The maximum absolute atomic E-state index is 12.4. The van der Waals surface area contributed by atoms with Crippen molar-refractivity contribution in [3.63, 3.8) is 0 Å². The van der Waals surface area contributed by atoms with Crippen LogP contribution in [-0.4, -0.2) is 22.3 Å². The SMILES string of the molecule is Cc1ccc(NC(=O)Cn2cc(Cl)c(C)n2)c(OC(F)F)c1. The van der Waals surface area contributed by atoms with Gasteiger partial charge in [0.05, 0.1) is 16.4 Å². The number of ether oxygens (including phenoxy) is 1. The summed E-state index contributed by atoms with van der Waals surface area (Å²) in [6.07, 6.45) is 1.52. The lowest BCUT2D eigenvalue weighted by Crippen LogP contribution is -2.20. The van der Waals surface area contributed by atoms with E-state index in [1.54, 1.807) is 19.9 Å². The Bertz CT molecular complexity index is 669. The molecule has 2 rings (SSSR count). The lowest BCUT2D eigenvalue weighted by atomic mass is 10.2. The van der Waals surface area contributed by atoms with Crippen LogP contribution in [0.4, 0.5) is 14.5 Å². The van der Waals surface area contributed by atoms with Crippen LogP contribution in [0.5, 0.6) is 5.75 Å². The van der Waals surface area contributed by atoms with Gasteiger partial charge < -0.3 is 10.1 Å². The van der Waals surface area contributed by atoms with Gasteiger partial charge in [-0.2, -0.15) is 13.9 Å². The van der Waals surface area contributed by atoms with Gasteiger partial charge >= 0.3 is 6.61 Å². The molecule has 0 bridgehead atoms. The molecule has 0 aliphatic heterocycles. The predicted molar refractivity (Wildman–Crippen MR) is 78.4 cm³/mol. The van der Waals surface area contributed by atoms with E-state index in [9.17, 15) is 13.6 Å². The zero-order valence-electron chi connectivity index (χ0n) is 11.9. The van der Waals surface area contributed by atoms with Gasteiger partial charge in [0, 0.05) is 6.20 Å². The number of alkyl halides is 2. The Kier molecular flexibility index (Phi) is 4.97. The number of carbonyl (C=O) groups excluding carboxylic acids is 1. The Hall–Kier alpha value is -2.15. The minimum atomic E-state index is -2.97. The van der Waals surface area contributed by atoms with E-state index < -0.39 is 12.5 Å². The summed E-state index contributed by atoms with van der Waals surface area (Å²) >= 11 is 5.85. The molecule has 0 fully saturated rings. The van der Waals surface area contributed by atoms with Crippen LogP contribution in [0, 0.1) is 13.8 Å². The first-order chi connectivity index (χ1) is 10.3. The van der Waals surface area contributed by atoms with Crippen LogP contribution in [-0.2, 0) is 11.3 Å². The Morgan fingerprint density at radius 3 is 2.77 bits per heavy atom. The first-order valence-corrected chi connectivity index (χ1v) is 6.78. The first-order valence-electron chi connectivity index (χ1n) is 6.40. The van der Waals surface area contributed by atoms with Crippen LogP contribution in [0.25, 0.3) is 0 Å². The Labute approximate surface area is 130 Å². The van der Waals surface area contributed by atoms with Crippen molar-refractivity contribution >= 4 is 23.2 Å². The van der Waals surface area contributed by atoms with Gasteiger partial charge in [-0.25, -0.2) is 0 Å². The molecular formula is C14H14ClF2N3O2. The third-order valence-electron chi connectivity index (χ3n) is 2.82. The van der Waals surface area contributed by atoms with Gasteiger partial charge in [0.1, 0.15) is 12.3 Å². The predicted octanol–water partition coefficient (Wildman–Crippen LogP) is 3.39. The molecule has 0 saturated heterocycles. The molecule has 1 aromatic heterocycles. The minimum Gasteiger partial charge on any atom is -0.433 e. The molecule has 1 N–H and O–H groups in total. The van der Waals surface area contributed by atoms with E-state index in [4.69, 9.17) is 11.6 Å². The molecule has 2 aromatic rings. The van der Waals surface area contributed by atoms with E-state index in [2.05, 4.69) is 15.2 Å². The summed E-state index contributed by atoms with van der Waals surface area (Å²) in [6, 6.07) is 4.62. The van der Waals surface area contributed by atoms with Crippen LogP contribution in [0.15, 0.2) is 24.4 Å². The van der Waals surface area contributed by atoms with Gasteiger partial charge in [-0.15, -0.1) is 0 Å². The second-order valence-electron chi connectivity index (χ2n) is 4.69. The van der Waals surface area contributed by atoms with E-state index >= 15 is 0 Å². The summed E-state index contributed by atoms with van der Waals surface area (Å²) in [4.78, 5) is 12.0. The molecule has 118 valence electrons. The Balaban J connectivity index is 2.10. The molecule has 0 radical (unpaired) electrons. The Morgan fingerprint density at radius 2 is 2.18 bits per heavy atom. The van der Waals surface area contributed by atoms with Gasteiger partial charge in [0.15, 0.2) is 0 Å². The highest BCUT2D eigenvalue weighted by Gasteiger charge is 2.13. The van der Waals surface area contributed by atoms with E-state index in [1.807, 2.05) is 0 Å². The third-order valence-corrected chi connectivity index (χ3v) is 3.19. The fraction of sp³-hybridized carbons (Fsp3) is 0.286. The van der Waals surface area contributed by atoms with Crippen molar-refractivity contribution in [3.8, 4) is 5.75 Å². The average Bonchev–Trinajstić information content (AvgIpc) is 2.70. The van der Waals surface area contributed by atoms with E-state index in [1.165, 1.54) is 23.0 Å². The highest BCUT2D eigenvalue weighted by atomic mass is 35.5. The lowest BCUT2D eigenvalue weighted by molar-refractivity contribution is -0.117. The summed E-state index contributed by atoms with van der Waals surface area (Å²) in [6.45, 7) is 0.393. The number of halogens is 3. The molecule has 1 amide bonds. The molecule has 0 spiro atoms. The van der Waals surface area contributed by atoms with Crippen LogP contribution >= 0.6 is 11.6 Å². The molecule has 22 heavy (non-hydrogen) atoms. The number of amides is 1. The van der Waals surface area contributed by atoms with Crippen molar-refractivity contribution in [1.82, 2.24) is 9.78 Å². The number of hydrogen-bond donors (Lipinski definition) is 1. The highest BCUT2D eigenvalue weighted by Crippen LogP contribution is 2.27. The summed E-state index contributed by atoms with van der Waals surface area (Å²) in [5.74, 6) is -0.514. The van der Waals surface area contributed by atoms with Gasteiger partial charge in [-0.3, -0.25) is 9.48 Å².